The van der Waals surface area contributed by atoms with Crippen LogP contribution in [-0.2, 0) is 4.79 Å². The zero-order chi connectivity index (χ0) is 26.2. The van der Waals surface area contributed by atoms with Gasteiger partial charge in [0, 0.05) is 17.7 Å². The third-order valence-electron chi connectivity index (χ3n) is 5.26. The van der Waals surface area contributed by atoms with Crippen molar-refractivity contribution >= 4 is 34.6 Å². The van der Waals surface area contributed by atoms with Gasteiger partial charge in [-0.15, -0.1) is 0 Å². The normalized spacial score (nSPS) is 10.7. The second kappa shape index (κ2) is 11.5. The van der Waals surface area contributed by atoms with Gasteiger partial charge in [0.2, 0.25) is 0 Å². The number of methoxy groups -OCH3 is 1. The van der Waals surface area contributed by atoms with E-state index in [1.807, 2.05) is 30.3 Å². The second-order valence-electron chi connectivity index (χ2n) is 7.65. The van der Waals surface area contributed by atoms with E-state index in [0.717, 1.165) is 10.8 Å². The molecular formula is C27H21N3O7. The number of ether oxygens (including phenoxy) is 3. The number of nitrogens with one attached hydrogen (secondary N) is 1. The molecule has 0 aliphatic rings. The molecule has 0 aromatic heterocycles. The smallest absolute Gasteiger partial charge is 0.343 e. The van der Waals surface area contributed by atoms with Gasteiger partial charge in [-0.05, 0) is 53.2 Å². The topological polar surface area (TPSA) is 129 Å². The summed E-state index contributed by atoms with van der Waals surface area (Å²) in [6.45, 7) is -0.357. The third kappa shape index (κ3) is 6.25. The number of hydrogen-bond acceptors (Lipinski definition) is 8. The van der Waals surface area contributed by atoms with Gasteiger partial charge in [0.25, 0.3) is 11.6 Å². The Hall–Kier alpha value is -5.25. The lowest BCUT2D eigenvalue weighted by Crippen LogP contribution is -2.24. The number of hydrogen-bond donors (Lipinski definition) is 1. The van der Waals surface area contributed by atoms with Gasteiger partial charge in [-0.25, -0.2) is 10.2 Å². The minimum atomic E-state index is -0.562. The summed E-state index contributed by atoms with van der Waals surface area (Å²) in [5.41, 5.74) is 3.12. The molecule has 4 aromatic carbocycles. The number of hydrazone groups is 1. The van der Waals surface area contributed by atoms with Crippen molar-refractivity contribution in [1.29, 1.82) is 0 Å². The molecule has 0 radical (unpaired) electrons. The minimum Gasteiger partial charge on any atom is -0.497 e. The molecule has 0 bridgehead atoms. The highest BCUT2D eigenvalue weighted by atomic mass is 16.6. The molecule has 4 aromatic rings. The fraction of sp³-hybridized carbons (Fsp3) is 0.0741. The number of nitrogens with zero attached hydrogens (tertiary/aromatic N) is 2. The molecule has 0 fully saturated rings. The number of carbonyl (C=O) groups is 2. The molecule has 1 amide bonds. The lowest BCUT2D eigenvalue weighted by molar-refractivity contribution is -0.384. The van der Waals surface area contributed by atoms with Gasteiger partial charge < -0.3 is 14.2 Å². The van der Waals surface area contributed by atoms with Crippen LogP contribution in [0.3, 0.4) is 0 Å². The van der Waals surface area contributed by atoms with Crippen LogP contribution in [0, 0.1) is 10.1 Å². The van der Waals surface area contributed by atoms with E-state index in [-0.39, 0.29) is 18.0 Å². The summed E-state index contributed by atoms with van der Waals surface area (Å²) in [6, 6.07) is 22.8. The monoisotopic (exact) mass is 499 g/mol. The highest BCUT2D eigenvalue weighted by Gasteiger charge is 2.14. The molecule has 0 atom stereocenters. The largest absolute Gasteiger partial charge is 0.497 e. The number of nitro benzene ring substituents is 1. The Bertz CT molecular complexity index is 1470. The van der Waals surface area contributed by atoms with Crippen molar-refractivity contribution in [2.24, 2.45) is 5.10 Å². The van der Waals surface area contributed by atoms with E-state index >= 15 is 0 Å². The first-order valence-corrected chi connectivity index (χ1v) is 11.0. The number of carbonyl (C=O) groups excluding carboxylic acids is 2. The number of fused-ring (bicyclic) bond motifs is 1. The molecule has 37 heavy (non-hydrogen) atoms. The van der Waals surface area contributed by atoms with E-state index in [4.69, 9.17) is 14.2 Å². The summed E-state index contributed by atoms with van der Waals surface area (Å²) in [6.07, 6.45) is 1.39. The van der Waals surface area contributed by atoms with E-state index < -0.39 is 16.8 Å². The number of amides is 1. The predicted octanol–water partition coefficient (Wildman–Crippen LogP) is 4.50. The number of benzene rings is 4. The molecule has 10 nitrogen and oxygen atoms in total. The second-order valence-corrected chi connectivity index (χ2v) is 7.65. The molecule has 1 N–H and O–H groups in total. The Morgan fingerprint density at radius 1 is 0.946 bits per heavy atom. The molecule has 0 unspecified atom stereocenters. The first-order chi connectivity index (χ1) is 17.9. The number of non-ortho nitro benzene ring substituents is 1. The van der Waals surface area contributed by atoms with Gasteiger partial charge in [0.05, 0.1) is 23.8 Å². The van der Waals surface area contributed by atoms with Crippen molar-refractivity contribution in [2.45, 2.75) is 0 Å². The lowest BCUT2D eigenvalue weighted by atomic mass is 10.0. The molecule has 0 spiro atoms. The maximum Gasteiger partial charge on any atom is 0.343 e. The van der Waals surface area contributed by atoms with E-state index in [1.165, 1.54) is 37.6 Å². The summed E-state index contributed by atoms with van der Waals surface area (Å²) in [4.78, 5) is 35.1. The molecule has 10 heteroatoms. The van der Waals surface area contributed by atoms with Gasteiger partial charge in [-0.2, -0.15) is 5.10 Å². The van der Waals surface area contributed by atoms with Gasteiger partial charge in [-0.3, -0.25) is 14.9 Å². The van der Waals surface area contributed by atoms with Crippen molar-refractivity contribution in [3.63, 3.8) is 0 Å². The van der Waals surface area contributed by atoms with Crippen molar-refractivity contribution in [1.82, 2.24) is 5.43 Å². The summed E-state index contributed by atoms with van der Waals surface area (Å²) >= 11 is 0. The average Bonchev–Trinajstić information content (AvgIpc) is 2.93. The van der Waals surface area contributed by atoms with Crippen molar-refractivity contribution in [3.8, 4) is 17.2 Å². The van der Waals surface area contributed by atoms with Crippen LogP contribution in [-0.4, -0.2) is 36.7 Å². The standard InChI is InChI=1S/C27H21N3O7/c1-35-21-11-6-19(7-12-21)27(32)37-25-15-8-18-4-2-3-5-23(18)24(25)16-28-29-26(31)17-36-22-13-9-20(10-14-22)30(33)34/h2-16H,17H2,1H3,(H,29,31). The number of esters is 1. The zero-order valence-corrected chi connectivity index (χ0v) is 19.6. The number of nitro groups is 1. The Balaban J connectivity index is 1.46. The molecule has 0 heterocycles. The Labute approximate surface area is 211 Å². The third-order valence-corrected chi connectivity index (χ3v) is 5.26. The van der Waals surface area contributed by atoms with Gasteiger partial charge in [-0.1, -0.05) is 30.3 Å². The maximum absolute atomic E-state index is 12.7. The lowest BCUT2D eigenvalue weighted by Gasteiger charge is -2.11. The highest BCUT2D eigenvalue weighted by molar-refractivity contribution is 6.04. The fourth-order valence-electron chi connectivity index (χ4n) is 3.40. The van der Waals surface area contributed by atoms with E-state index in [0.29, 0.717) is 22.6 Å². The van der Waals surface area contributed by atoms with Crippen LogP contribution < -0.4 is 19.6 Å². The molecule has 186 valence electrons. The summed E-state index contributed by atoms with van der Waals surface area (Å²) < 4.78 is 16.1. The summed E-state index contributed by atoms with van der Waals surface area (Å²) in [5.74, 6) is 0.0641. The van der Waals surface area contributed by atoms with Crippen molar-refractivity contribution < 1.29 is 28.7 Å². The Morgan fingerprint density at radius 2 is 1.65 bits per heavy atom. The van der Waals surface area contributed by atoms with Crippen LogP contribution in [0.2, 0.25) is 0 Å². The maximum atomic E-state index is 12.7. The van der Waals surface area contributed by atoms with Crippen LogP contribution >= 0.6 is 0 Å². The SMILES string of the molecule is COc1ccc(C(=O)Oc2ccc3ccccc3c2C=NNC(=O)COc2ccc([N+](=O)[O-])cc2)cc1. The van der Waals surface area contributed by atoms with Crippen LogP contribution in [0.25, 0.3) is 10.8 Å². The van der Waals surface area contributed by atoms with Crippen LogP contribution in [0.5, 0.6) is 17.2 Å². The first kappa shape index (κ1) is 24.9. The highest BCUT2D eigenvalue weighted by Crippen LogP contribution is 2.27. The summed E-state index contributed by atoms with van der Waals surface area (Å²) in [7, 11) is 1.54. The van der Waals surface area contributed by atoms with Crippen molar-refractivity contribution in [3.05, 3.63) is 106 Å². The van der Waals surface area contributed by atoms with Crippen molar-refractivity contribution in [2.75, 3.05) is 13.7 Å². The van der Waals surface area contributed by atoms with E-state index in [1.54, 1.807) is 30.3 Å². The average molecular weight is 499 g/mol. The van der Waals surface area contributed by atoms with Crippen LogP contribution in [0.1, 0.15) is 15.9 Å². The van der Waals surface area contributed by atoms with E-state index in [9.17, 15) is 19.7 Å². The number of rotatable bonds is 9. The summed E-state index contributed by atoms with van der Waals surface area (Å²) in [5, 5.41) is 16.4. The molecule has 0 saturated carbocycles. The Morgan fingerprint density at radius 3 is 2.35 bits per heavy atom. The van der Waals surface area contributed by atoms with Crippen LogP contribution in [0.4, 0.5) is 5.69 Å². The Kier molecular flexibility index (Phi) is 7.69. The van der Waals surface area contributed by atoms with Gasteiger partial charge in [0.1, 0.15) is 17.2 Å². The van der Waals surface area contributed by atoms with Gasteiger partial charge in [0.15, 0.2) is 6.61 Å². The molecule has 0 saturated heterocycles. The quantitative estimate of drug-likeness (QED) is 0.118. The van der Waals surface area contributed by atoms with Gasteiger partial charge >= 0.3 is 5.97 Å². The molecule has 4 rings (SSSR count). The minimum absolute atomic E-state index is 0.0833. The van der Waals surface area contributed by atoms with E-state index in [2.05, 4.69) is 10.5 Å². The first-order valence-electron chi connectivity index (χ1n) is 11.0. The fourth-order valence-corrected chi connectivity index (χ4v) is 3.40. The molecular weight excluding hydrogens is 478 g/mol. The molecule has 0 aliphatic heterocycles. The van der Waals surface area contributed by atoms with Crippen LogP contribution in [0.15, 0.2) is 90.0 Å². The molecule has 0 aliphatic carbocycles. The predicted molar refractivity (Wildman–Crippen MR) is 136 cm³/mol. The zero-order valence-electron chi connectivity index (χ0n) is 19.6.